The number of halogens is 1. The second kappa shape index (κ2) is 10.3. The molecule has 0 fully saturated rings. The second-order valence-corrected chi connectivity index (χ2v) is 9.97. The SMILES string of the molecule is COc1ccc(C2=NN(c3nc(-c4ccccc4)c4cc(Br)ccc4n3)[C@H](c3ccccc3[N+](=O)[O-])C2)cc1. The molecule has 8 nitrogen and oxygen atoms in total. The fourth-order valence-electron chi connectivity index (χ4n) is 4.84. The molecule has 1 aliphatic heterocycles. The zero-order chi connectivity index (χ0) is 26.9. The smallest absolute Gasteiger partial charge is 0.274 e. The van der Waals surface area contributed by atoms with Gasteiger partial charge < -0.3 is 4.74 Å². The van der Waals surface area contributed by atoms with Crippen LogP contribution in [0.5, 0.6) is 5.75 Å². The standard InChI is InChI=1S/C30H22BrN5O3/c1-39-22-14-11-19(12-15-22)26-18-28(23-9-5-6-10-27(23)36(37)38)35(34-26)30-32-25-16-13-21(31)17-24(25)29(33-30)20-7-3-2-4-8-20/h2-17,28H,18H2,1H3/t28-/m0/s1. The molecule has 0 unspecified atom stereocenters. The van der Waals surface area contributed by atoms with Crippen LogP contribution in [0.1, 0.15) is 23.6 Å². The number of hydrogen-bond acceptors (Lipinski definition) is 7. The summed E-state index contributed by atoms with van der Waals surface area (Å²) in [6.45, 7) is 0. The van der Waals surface area contributed by atoms with Crippen LogP contribution in [0.3, 0.4) is 0 Å². The number of benzene rings is 4. The zero-order valence-electron chi connectivity index (χ0n) is 20.9. The lowest BCUT2D eigenvalue weighted by molar-refractivity contribution is -0.385. The molecule has 9 heteroatoms. The number of anilines is 1. The quantitative estimate of drug-likeness (QED) is 0.154. The van der Waals surface area contributed by atoms with Gasteiger partial charge in [-0.25, -0.2) is 15.0 Å². The Morgan fingerprint density at radius 3 is 2.41 bits per heavy atom. The van der Waals surface area contributed by atoms with Gasteiger partial charge in [0.05, 0.1) is 40.6 Å². The van der Waals surface area contributed by atoms with Crippen molar-refractivity contribution in [2.75, 3.05) is 12.1 Å². The van der Waals surface area contributed by atoms with Gasteiger partial charge in [-0.15, -0.1) is 0 Å². The maximum atomic E-state index is 12.0. The van der Waals surface area contributed by atoms with Crippen LogP contribution >= 0.6 is 15.9 Å². The molecular weight excluding hydrogens is 558 g/mol. The largest absolute Gasteiger partial charge is 0.497 e. The molecular formula is C30H22BrN5O3. The minimum Gasteiger partial charge on any atom is -0.497 e. The molecule has 0 saturated carbocycles. The highest BCUT2D eigenvalue weighted by Crippen LogP contribution is 2.40. The first-order valence-electron chi connectivity index (χ1n) is 12.3. The van der Waals surface area contributed by atoms with E-state index < -0.39 is 6.04 Å². The summed E-state index contributed by atoms with van der Waals surface area (Å²) in [6.07, 6.45) is 0.444. The lowest BCUT2D eigenvalue weighted by Crippen LogP contribution is -2.22. The van der Waals surface area contributed by atoms with Crippen molar-refractivity contribution in [3.05, 3.63) is 123 Å². The number of para-hydroxylation sites is 1. The number of methoxy groups -OCH3 is 1. The van der Waals surface area contributed by atoms with Crippen LogP contribution in [0.4, 0.5) is 11.6 Å². The lowest BCUT2D eigenvalue weighted by atomic mass is 9.97. The molecule has 2 heterocycles. The van der Waals surface area contributed by atoms with E-state index in [4.69, 9.17) is 19.8 Å². The van der Waals surface area contributed by atoms with E-state index in [1.807, 2.05) is 72.8 Å². The molecule has 1 atom stereocenters. The molecule has 0 spiro atoms. The Morgan fingerprint density at radius 2 is 1.67 bits per heavy atom. The number of nitrogens with zero attached hydrogens (tertiary/aromatic N) is 5. The number of nitro groups is 1. The summed E-state index contributed by atoms with van der Waals surface area (Å²) in [5.74, 6) is 1.11. The average Bonchev–Trinajstić information content (AvgIpc) is 3.42. The van der Waals surface area contributed by atoms with Gasteiger partial charge in [-0.1, -0.05) is 58.4 Å². The molecule has 4 aromatic carbocycles. The van der Waals surface area contributed by atoms with Gasteiger partial charge in [0.25, 0.3) is 5.69 Å². The third-order valence-corrected chi connectivity index (χ3v) is 7.22. The van der Waals surface area contributed by atoms with Crippen molar-refractivity contribution in [3.63, 3.8) is 0 Å². The minimum atomic E-state index is -0.472. The first-order chi connectivity index (χ1) is 19.0. The molecule has 39 heavy (non-hydrogen) atoms. The molecule has 1 aromatic heterocycles. The number of hydrazone groups is 1. The van der Waals surface area contributed by atoms with Crippen molar-refractivity contribution >= 4 is 44.2 Å². The molecule has 0 amide bonds. The number of nitro benzene ring substituents is 1. The molecule has 0 bridgehead atoms. The van der Waals surface area contributed by atoms with Gasteiger partial charge in [0.1, 0.15) is 5.75 Å². The molecule has 1 aliphatic rings. The fourth-order valence-corrected chi connectivity index (χ4v) is 5.20. The Balaban J connectivity index is 1.55. The van der Waals surface area contributed by atoms with Crippen molar-refractivity contribution in [1.29, 1.82) is 0 Å². The first-order valence-corrected chi connectivity index (χ1v) is 13.1. The summed E-state index contributed by atoms with van der Waals surface area (Å²) in [4.78, 5) is 21.5. The summed E-state index contributed by atoms with van der Waals surface area (Å²) < 4.78 is 6.23. The van der Waals surface area contributed by atoms with Crippen molar-refractivity contribution in [3.8, 4) is 17.0 Å². The molecule has 0 N–H and O–H groups in total. The van der Waals surface area contributed by atoms with Crippen molar-refractivity contribution < 1.29 is 9.66 Å². The van der Waals surface area contributed by atoms with Gasteiger partial charge in [-0.3, -0.25) is 10.1 Å². The van der Waals surface area contributed by atoms with Crippen LogP contribution in [-0.2, 0) is 0 Å². The monoisotopic (exact) mass is 579 g/mol. The Labute approximate surface area is 232 Å². The average molecular weight is 580 g/mol. The molecule has 0 aliphatic carbocycles. The lowest BCUT2D eigenvalue weighted by Gasteiger charge is -2.23. The van der Waals surface area contributed by atoms with Crippen LogP contribution in [0.25, 0.3) is 22.2 Å². The van der Waals surface area contributed by atoms with E-state index in [0.29, 0.717) is 17.9 Å². The first kappa shape index (κ1) is 24.7. The summed E-state index contributed by atoms with van der Waals surface area (Å²) >= 11 is 3.57. The number of rotatable bonds is 6. The van der Waals surface area contributed by atoms with Crippen molar-refractivity contribution in [2.24, 2.45) is 5.10 Å². The Morgan fingerprint density at radius 1 is 0.923 bits per heavy atom. The number of fused-ring (bicyclic) bond motifs is 1. The summed E-state index contributed by atoms with van der Waals surface area (Å²) in [5.41, 5.74) is 4.70. The number of aromatic nitrogens is 2. The Hall–Kier alpha value is -4.63. The van der Waals surface area contributed by atoms with E-state index in [1.165, 1.54) is 6.07 Å². The van der Waals surface area contributed by atoms with Crippen LogP contribution in [0, 0.1) is 10.1 Å². The van der Waals surface area contributed by atoms with Crippen LogP contribution in [0.15, 0.2) is 107 Å². The van der Waals surface area contributed by atoms with Crippen LogP contribution in [-0.4, -0.2) is 27.7 Å². The number of ether oxygens (including phenoxy) is 1. The van der Waals surface area contributed by atoms with E-state index >= 15 is 0 Å². The van der Waals surface area contributed by atoms with E-state index in [2.05, 4.69) is 15.9 Å². The summed E-state index contributed by atoms with van der Waals surface area (Å²) in [5, 5.41) is 19.6. The third-order valence-electron chi connectivity index (χ3n) is 6.72. The molecule has 0 radical (unpaired) electrons. The predicted octanol–water partition coefficient (Wildman–Crippen LogP) is 7.33. The van der Waals surface area contributed by atoms with Gasteiger partial charge in [-0.05, 0) is 54.1 Å². The minimum absolute atomic E-state index is 0.0340. The van der Waals surface area contributed by atoms with Gasteiger partial charge in [0.2, 0.25) is 5.95 Å². The number of hydrogen-bond donors (Lipinski definition) is 0. The van der Waals surface area contributed by atoms with Gasteiger partial charge >= 0.3 is 0 Å². The summed E-state index contributed by atoms with van der Waals surface area (Å²) in [7, 11) is 1.62. The van der Waals surface area contributed by atoms with E-state index in [1.54, 1.807) is 30.3 Å². The van der Waals surface area contributed by atoms with Crippen molar-refractivity contribution in [1.82, 2.24) is 9.97 Å². The third kappa shape index (κ3) is 4.72. The van der Waals surface area contributed by atoms with Gasteiger partial charge in [-0.2, -0.15) is 5.10 Å². The van der Waals surface area contributed by atoms with E-state index in [-0.39, 0.29) is 10.6 Å². The van der Waals surface area contributed by atoms with E-state index in [0.717, 1.165) is 43.7 Å². The van der Waals surface area contributed by atoms with Crippen LogP contribution < -0.4 is 9.75 Å². The highest BCUT2D eigenvalue weighted by molar-refractivity contribution is 9.10. The van der Waals surface area contributed by atoms with Crippen LogP contribution in [0.2, 0.25) is 0 Å². The predicted molar refractivity (Wildman–Crippen MR) is 155 cm³/mol. The zero-order valence-corrected chi connectivity index (χ0v) is 22.4. The summed E-state index contributed by atoms with van der Waals surface area (Å²) in [6, 6.07) is 29.7. The topological polar surface area (TPSA) is 93.8 Å². The maximum Gasteiger partial charge on any atom is 0.274 e. The Kier molecular flexibility index (Phi) is 6.50. The second-order valence-electron chi connectivity index (χ2n) is 9.06. The van der Waals surface area contributed by atoms with E-state index in [9.17, 15) is 10.1 Å². The molecule has 0 saturated heterocycles. The van der Waals surface area contributed by atoms with Gasteiger partial charge in [0, 0.05) is 27.9 Å². The molecule has 5 aromatic rings. The molecule has 192 valence electrons. The fraction of sp³-hybridized carbons (Fsp3) is 0.100. The highest BCUT2D eigenvalue weighted by atomic mass is 79.9. The van der Waals surface area contributed by atoms with Crippen molar-refractivity contribution in [2.45, 2.75) is 12.5 Å². The normalized spacial score (nSPS) is 14.9. The molecule has 6 rings (SSSR count). The highest BCUT2D eigenvalue weighted by Gasteiger charge is 2.36. The van der Waals surface area contributed by atoms with Gasteiger partial charge in [0.15, 0.2) is 0 Å². The Bertz CT molecular complexity index is 1720. The maximum absolute atomic E-state index is 12.0.